The van der Waals surface area contributed by atoms with Gasteiger partial charge in [-0.3, -0.25) is 29.4 Å². The molecule has 7 heteroatoms. The van der Waals surface area contributed by atoms with Gasteiger partial charge in [-0.2, -0.15) is 0 Å². The first-order chi connectivity index (χ1) is 10.0. The number of fused-ring (bicyclic) bond motifs is 1. The first-order valence-electron chi connectivity index (χ1n) is 6.56. The highest BCUT2D eigenvalue weighted by atomic mass is 16.2. The van der Waals surface area contributed by atoms with E-state index in [1.807, 2.05) is 0 Å². The summed E-state index contributed by atoms with van der Waals surface area (Å²) >= 11 is 0. The molecule has 0 spiro atoms. The molecule has 0 aliphatic carbocycles. The van der Waals surface area contributed by atoms with Crippen molar-refractivity contribution in [2.24, 2.45) is 0 Å². The topological polar surface area (TPSA) is 95.6 Å². The molecule has 21 heavy (non-hydrogen) atoms. The molecule has 1 aromatic carbocycles. The lowest BCUT2D eigenvalue weighted by Crippen LogP contribution is -2.54. The van der Waals surface area contributed by atoms with Gasteiger partial charge in [0.15, 0.2) is 0 Å². The van der Waals surface area contributed by atoms with E-state index >= 15 is 0 Å². The number of carbonyl (C=O) groups is 4. The van der Waals surface area contributed by atoms with Gasteiger partial charge in [0.1, 0.15) is 6.04 Å². The number of nitrogens with one attached hydrogen (secondary N) is 2. The molecule has 3 rings (SSSR count). The molecule has 0 saturated carbocycles. The highest BCUT2D eigenvalue weighted by molar-refractivity contribution is 6.23. The van der Waals surface area contributed by atoms with Crippen molar-refractivity contribution in [2.75, 3.05) is 12.4 Å². The molecule has 1 unspecified atom stereocenters. The summed E-state index contributed by atoms with van der Waals surface area (Å²) in [7, 11) is 1.71. The highest BCUT2D eigenvalue weighted by Gasteiger charge is 2.44. The van der Waals surface area contributed by atoms with E-state index in [0.29, 0.717) is 5.69 Å². The van der Waals surface area contributed by atoms with Crippen molar-refractivity contribution in [3.8, 4) is 0 Å². The molecule has 0 aromatic heterocycles. The van der Waals surface area contributed by atoms with E-state index in [9.17, 15) is 19.2 Å². The first kappa shape index (κ1) is 13.3. The summed E-state index contributed by atoms with van der Waals surface area (Å²) in [6.07, 6.45) is 0.278. The second-order valence-corrected chi connectivity index (χ2v) is 4.96. The zero-order chi connectivity index (χ0) is 15.1. The SMILES string of the molecule is CNc1ccc2c(c1)C(=O)N(C1CCC(=O)NC1=O)C2=O. The number of anilines is 1. The van der Waals surface area contributed by atoms with Gasteiger partial charge in [0.2, 0.25) is 11.8 Å². The number of rotatable bonds is 2. The predicted octanol–water partition coefficient (Wildman–Crippen LogP) is 0.129. The van der Waals surface area contributed by atoms with E-state index in [-0.39, 0.29) is 29.9 Å². The molecule has 2 N–H and O–H groups in total. The van der Waals surface area contributed by atoms with E-state index in [0.717, 1.165) is 4.90 Å². The van der Waals surface area contributed by atoms with Crippen LogP contribution < -0.4 is 10.6 Å². The molecule has 1 fully saturated rings. The summed E-state index contributed by atoms with van der Waals surface area (Å²) in [6.45, 7) is 0. The third-order valence-corrected chi connectivity index (χ3v) is 3.73. The fourth-order valence-corrected chi connectivity index (χ4v) is 2.63. The van der Waals surface area contributed by atoms with Crippen LogP contribution in [0.1, 0.15) is 33.6 Å². The van der Waals surface area contributed by atoms with Crippen LogP contribution in [-0.4, -0.2) is 41.6 Å². The van der Waals surface area contributed by atoms with Crippen molar-refractivity contribution in [3.63, 3.8) is 0 Å². The number of piperidine rings is 1. The van der Waals surface area contributed by atoms with Gasteiger partial charge in [0, 0.05) is 19.2 Å². The van der Waals surface area contributed by atoms with Crippen LogP contribution in [0.5, 0.6) is 0 Å². The van der Waals surface area contributed by atoms with Gasteiger partial charge in [-0.05, 0) is 24.6 Å². The Morgan fingerprint density at radius 1 is 1.14 bits per heavy atom. The number of carbonyl (C=O) groups excluding carboxylic acids is 4. The number of nitrogens with zero attached hydrogens (tertiary/aromatic N) is 1. The van der Waals surface area contributed by atoms with Crippen LogP contribution in [0.3, 0.4) is 0 Å². The summed E-state index contributed by atoms with van der Waals surface area (Å²) in [5.41, 5.74) is 1.26. The summed E-state index contributed by atoms with van der Waals surface area (Å²) < 4.78 is 0. The quantitative estimate of drug-likeness (QED) is 0.754. The summed E-state index contributed by atoms with van der Waals surface area (Å²) in [5, 5.41) is 5.06. The Morgan fingerprint density at radius 2 is 1.86 bits per heavy atom. The Kier molecular flexibility index (Phi) is 2.97. The lowest BCUT2D eigenvalue weighted by Gasteiger charge is -2.27. The van der Waals surface area contributed by atoms with Crippen molar-refractivity contribution in [2.45, 2.75) is 18.9 Å². The second-order valence-electron chi connectivity index (χ2n) is 4.96. The summed E-state index contributed by atoms with van der Waals surface area (Å²) in [4.78, 5) is 48.8. The van der Waals surface area contributed by atoms with Crippen molar-refractivity contribution in [3.05, 3.63) is 29.3 Å². The van der Waals surface area contributed by atoms with Gasteiger partial charge < -0.3 is 5.32 Å². The van der Waals surface area contributed by atoms with Crippen LogP contribution in [0.25, 0.3) is 0 Å². The molecule has 7 nitrogen and oxygen atoms in total. The van der Waals surface area contributed by atoms with Gasteiger partial charge in [-0.15, -0.1) is 0 Å². The van der Waals surface area contributed by atoms with Crippen LogP contribution in [0, 0.1) is 0 Å². The van der Waals surface area contributed by atoms with Crippen LogP contribution in [0.4, 0.5) is 5.69 Å². The van der Waals surface area contributed by atoms with Crippen molar-refractivity contribution >= 4 is 29.3 Å². The van der Waals surface area contributed by atoms with Gasteiger partial charge in [-0.25, -0.2) is 0 Å². The molecular formula is C14H13N3O4. The smallest absolute Gasteiger partial charge is 0.262 e. The maximum Gasteiger partial charge on any atom is 0.262 e. The van der Waals surface area contributed by atoms with Gasteiger partial charge in [0.05, 0.1) is 11.1 Å². The fraction of sp³-hybridized carbons (Fsp3) is 0.286. The second kappa shape index (κ2) is 4.69. The zero-order valence-electron chi connectivity index (χ0n) is 11.3. The average molecular weight is 287 g/mol. The Morgan fingerprint density at radius 3 is 2.52 bits per heavy atom. The molecule has 2 heterocycles. The number of imide groups is 2. The van der Waals surface area contributed by atoms with E-state index in [4.69, 9.17) is 0 Å². The maximum absolute atomic E-state index is 12.4. The van der Waals surface area contributed by atoms with E-state index in [1.165, 1.54) is 0 Å². The lowest BCUT2D eigenvalue weighted by atomic mass is 10.0. The summed E-state index contributed by atoms with van der Waals surface area (Å²) in [5.74, 6) is -1.98. The third-order valence-electron chi connectivity index (χ3n) is 3.73. The van der Waals surface area contributed by atoms with Crippen LogP contribution in [0.15, 0.2) is 18.2 Å². The van der Waals surface area contributed by atoms with E-state index < -0.39 is 23.8 Å². The zero-order valence-corrected chi connectivity index (χ0v) is 11.3. The summed E-state index contributed by atoms with van der Waals surface area (Å²) in [6, 6.07) is 3.92. The molecule has 0 radical (unpaired) electrons. The van der Waals surface area contributed by atoms with Crippen LogP contribution in [-0.2, 0) is 9.59 Å². The minimum Gasteiger partial charge on any atom is -0.388 e. The Balaban J connectivity index is 1.96. The lowest BCUT2D eigenvalue weighted by molar-refractivity contribution is -0.136. The van der Waals surface area contributed by atoms with Gasteiger partial charge in [-0.1, -0.05) is 0 Å². The molecule has 108 valence electrons. The molecule has 4 amide bonds. The number of amides is 4. The van der Waals surface area contributed by atoms with Gasteiger partial charge in [0.25, 0.3) is 11.8 Å². The Labute approximate surface area is 120 Å². The van der Waals surface area contributed by atoms with E-state index in [1.54, 1.807) is 25.2 Å². The van der Waals surface area contributed by atoms with Crippen LogP contribution >= 0.6 is 0 Å². The third kappa shape index (κ3) is 1.97. The van der Waals surface area contributed by atoms with Gasteiger partial charge >= 0.3 is 0 Å². The molecular weight excluding hydrogens is 274 g/mol. The van der Waals surface area contributed by atoms with Crippen molar-refractivity contribution in [1.29, 1.82) is 0 Å². The van der Waals surface area contributed by atoms with Crippen molar-refractivity contribution in [1.82, 2.24) is 10.2 Å². The number of benzene rings is 1. The molecule has 2 aliphatic rings. The maximum atomic E-state index is 12.4. The Hall–Kier alpha value is -2.70. The fourth-order valence-electron chi connectivity index (χ4n) is 2.63. The van der Waals surface area contributed by atoms with Crippen molar-refractivity contribution < 1.29 is 19.2 Å². The number of hydrogen-bond donors (Lipinski definition) is 2. The normalized spacial score (nSPS) is 21.4. The minimum atomic E-state index is -0.923. The minimum absolute atomic E-state index is 0.117. The van der Waals surface area contributed by atoms with Crippen LogP contribution in [0.2, 0.25) is 0 Å². The van der Waals surface area contributed by atoms with E-state index in [2.05, 4.69) is 10.6 Å². The highest BCUT2D eigenvalue weighted by Crippen LogP contribution is 2.29. The molecule has 1 saturated heterocycles. The largest absolute Gasteiger partial charge is 0.388 e. The number of hydrogen-bond acceptors (Lipinski definition) is 5. The molecule has 2 aliphatic heterocycles. The average Bonchev–Trinajstić information content (AvgIpc) is 2.71. The monoisotopic (exact) mass is 287 g/mol. The predicted molar refractivity (Wildman–Crippen MR) is 72.7 cm³/mol. The Bertz CT molecular complexity index is 683. The first-order valence-corrected chi connectivity index (χ1v) is 6.56. The molecule has 1 aromatic rings. The molecule has 1 atom stereocenters. The standard InChI is InChI=1S/C14H13N3O4/c1-15-7-2-3-8-9(6-7)14(21)17(13(8)20)10-4-5-11(18)16-12(10)19/h2-3,6,10,15H,4-5H2,1H3,(H,16,18,19). The molecule has 0 bridgehead atoms.